The third-order valence-corrected chi connectivity index (χ3v) is 2.41. The molecule has 0 amide bonds. The first-order valence-corrected chi connectivity index (χ1v) is 6.53. The molecule has 0 spiro atoms. The van der Waals surface area contributed by atoms with Crippen molar-refractivity contribution in [1.82, 2.24) is 0 Å². The summed E-state index contributed by atoms with van der Waals surface area (Å²) in [6.45, 7) is 2.05. The van der Waals surface area contributed by atoms with Crippen molar-refractivity contribution < 1.29 is 26.1 Å². The quantitative estimate of drug-likeness (QED) is 0.539. The minimum absolute atomic E-state index is 0.419. The molecular formula is C4H8ClHg. The van der Waals surface area contributed by atoms with Crippen LogP contribution in [0.25, 0.3) is 0 Å². The molecule has 0 N–H and O–H groups in total. The average molecular weight is 292 g/mol. The molecule has 0 aromatic heterocycles. The molecule has 0 aliphatic rings. The van der Waals surface area contributed by atoms with E-state index in [0.29, 0.717) is 5.38 Å². The molecule has 0 aliphatic carbocycles. The van der Waals surface area contributed by atoms with E-state index in [4.69, 9.17) is 11.6 Å². The van der Waals surface area contributed by atoms with Gasteiger partial charge >= 0.3 is 60.4 Å². The Labute approximate surface area is 60.2 Å². The van der Waals surface area contributed by atoms with Gasteiger partial charge in [0.25, 0.3) is 0 Å². The first-order valence-electron chi connectivity index (χ1n) is 2.20. The van der Waals surface area contributed by atoms with Gasteiger partial charge in [0.05, 0.1) is 0 Å². The second-order valence-corrected chi connectivity index (χ2v) is 4.92. The van der Waals surface area contributed by atoms with Gasteiger partial charge in [-0.15, -0.1) is 0 Å². The third kappa shape index (κ3) is 5.23. The van der Waals surface area contributed by atoms with E-state index in [1.54, 1.807) is 0 Å². The fraction of sp³-hybridized carbons (Fsp3) is 1.00. The van der Waals surface area contributed by atoms with Crippen molar-refractivity contribution in [2.45, 2.75) is 22.7 Å². The first-order chi connectivity index (χ1) is 2.77. The molecule has 0 aliphatic heterocycles. The van der Waals surface area contributed by atoms with Crippen LogP contribution in [-0.4, -0.2) is 5.38 Å². The van der Waals surface area contributed by atoms with E-state index in [-0.39, 0.29) is 0 Å². The van der Waals surface area contributed by atoms with E-state index in [1.807, 2.05) is 0 Å². The zero-order valence-corrected chi connectivity index (χ0v) is 10.3. The number of halogens is 1. The molecule has 0 rings (SSSR count). The van der Waals surface area contributed by atoms with Gasteiger partial charge in [-0.2, -0.15) is 0 Å². The third-order valence-electron chi connectivity index (χ3n) is 0.602. The maximum atomic E-state index is 5.61. The Morgan fingerprint density at radius 3 is 2.33 bits per heavy atom. The maximum absolute atomic E-state index is 5.61. The van der Waals surface area contributed by atoms with Gasteiger partial charge in [0, 0.05) is 0 Å². The summed E-state index contributed by atoms with van der Waals surface area (Å²) in [5, 5.41) is 0.419. The Bertz CT molecular complexity index is 28.7. The van der Waals surface area contributed by atoms with Gasteiger partial charge in [0.1, 0.15) is 0 Å². The molecule has 0 saturated heterocycles. The van der Waals surface area contributed by atoms with E-state index in [2.05, 4.69) is 6.92 Å². The molecule has 2 heteroatoms. The first kappa shape index (κ1) is 7.23. The van der Waals surface area contributed by atoms with E-state index < -0.39 is 0 Å². The predicted molar refractivity (Wildman–Crippen MR) is 24.7 cm³/mol. The molecule has 0 radical (unpaired) electrons. The molecule has 0 nitrogen and oxygen atoms in total. The van der Waals surface area contributed by atoms with Crippen LogP contribution in [0.3, 0.4) is 0 Å². The number of rotatable bonds is 2. The van der Waals surface area contributed by atoms with Gasteiger partial charge in [0.2, 0.25) is 0 Å². The molecule has 0 bridgehead atoms. The Kier molecular flexibility index (Phi) is 5.28. The van der Waals surface area contributed by atoms with Crippen molar-refractivity contribution in [2.75, 3.05) is 0 Å². The van der Waals surface area contributed by atoms with E-state index >= 15 is 0 Å². The van der Waals surface area contributed by atoms with E-state index in [9.17, 15) is 0 Å². The van der Waals surface area contributed by atoms with Gasteiger partial charge in [-0.25, -0.2) is 0 Å². The van der Waals surface area contributed by atoms with Crippen molar-refractivity contribution in [2.24, 2.45) is 0 Å². The molecule has 6 heavy (non-hydrogen) atoms. The summed E-state index contributed by atoms with van der Waals surface area (Å²) in [6.07, 6.45) is 1.23. The van der Waals surface area contributed by atoms with Crippen molar-refractivity contribution in [3.05, 3.63) is 0 Å². The average Bonchev–Trinajstić information content (AvgIpc) is 1.35. The Hall–Kier alpha value is 1.23. The summed E-state index contributed by atoms with van der Waals surface area (Å²) < 4.78 is 1.39. The van der Waals surface area contributed by atoms with Gasteiger partial charge in [-0.05, 0) is 0 Å². The van der Waals surface area contributed by atoms with Crippen LogP contribution in [0.5, 0.6) is 0 Å². The van der Waals surface area contributed by atoms with Crippen molar-refractivity contribution in [3.8, 4) is 0 Å². The molecule has 0 fully saturated rings. The van der Waals surface area contributed by atoms with Crippen molar-refractivity contribution in [1.29, 1.82) is 0 Å². The fourth-order valence-corrected chi connectivity index (χ4v) is 3.82. The summed E-state index contributed by atoms with van der Waals surface area (Å²) >= 11 is 6.58. The molecule has 33 valence electrons. The van der Waals surface area contributed by atoms with Crippen molar-refractivity contribution in [3.63, 3.8) is 0 Å². The molecule has 0 saturated carbocycles. The molecule has 1 unspecified atom stereocenters. The summed E-state index contributed by atoms with van der Waals surface area (Å²) in [4.78, 5) is 0. The van der Waals surface area contributed by atoms with Crippen LogP contribution < -0.4 is 0 Å². The molecule has 0 aromatic rings. The molecule has 0 aromatic carbocycles. The predicted octanol–water partition coefficient (Wildman–Crippen LogP) is 1.97. The zero-order valence-electron chi connectivity index (χ0n) is 4.08. The number of hydrogen-bond donors (Lipinski definition) is 0. The summed E-state index contributed by atoms with van der Waals surface area (Å²) in [7, 11) is 0. The van der Waals surface area contributed by atoms with Crippen LogP contribution in [0, 0.1) is 0 Å². The molecular weight excluding hydrogens is 284 g/mol. The summed E-state index contributed by atoms with van der Waals surface area (Å²) in [5.74, 6) is 0. The Morgan fingerprint density at radius 1 is 1.83 bits per heavy atom. The number of alkyl halides is 1. The van der Waals surface area contributed by atoms with Crippen molar-refractivity contribution >= 4 is 11.6 Å². The topological polar surface area (TPSA) is 0 Å². The second kappa shape index (κ2) is 4.39. The molecule has 0 heterocycles. The summed E-state index contributed by atoms with van der Waals surface area (Å²) in [5.41, 5.74) is 0. The molecule has 1 atom stereocenters. The van der Waals surface area contributed by atoms with Gasteiger partial charge < -0.3 is 0 Å². The van der Waals surface area contributed by atoms with Crippen LogP contribution in [0.15, 0.2) is 0 Å². The van der Waals surface area contributed by atoms with Crippen LogP contribution >= 0.6 is 11.6 Å². The second-order valence-electron chi connectivity index (χ2n) is 1.42. The fourth-order valence-electron chi connectivity index (χ4n) is 0.281. The van der Waals surface area contributed by atoms with Gasteiger partial charge in [0.15, 0.2) is 0 Å². The monoisotopic (exact) mass is 293 g/mol. The SMILES string of the molecule is CC(Cl)C[CH2][Hg]. The standard InChI is InChI=1S/C4H8Cl.Hg/c1-3-4(2)5;/h4H,1,3H2,2H3;. The van der Waals surface area contributed by atoms with Crippen LogP contribution in [-0.2, 0) is 26.1 Å². The van der Waals surface area contributed by atoms with Crippen LogP contribution in [0.2, 0.25) is 3.93 Å². The Morgan fingerprint density at radius 2 is 2.33 bits per heavy atom. The normalized spacial score (nSPS) is 14.7. The van der Waals surface area contributed by atoms with Gasteiger partial charge in [-0.3, -0.25) is 0 Å². The number of hydrogen-bond acceptors (Lipinski definition) is 0. The summed E-state index contributed by atoms with van der Waals surface area (Å²) in [6, 6.07) is 0. The van der Waals surface area contributed by atoms with Crippen LogP contribution in [0.1, 0.15) is 13.3 Å². The van der Waals surface area contributed by atoms with E-state index in [0.717, 1.165) is 26.1 Å². The Balaban J connectivity index is 2.63. The van der Waals surface area contributed by atoms with E-state index in [1.165, 1.54) is 10.4 Å². The zero-order chi connectivity index (χ0) is 4.99. The van der Waals surface area contributed by atoms with Crippen LogP contribution in [0.4, 0.5) is 0 Å². The van der Waals surface area contributed by atoms with Gasteiger partial charge in [-0.1, -0.05) is 0 Å². The minimum atomic E-state index is 0.419.